The molecule has 2 aliphatic rings. The minimum atomic E-state index is -0.959. The first-order valence-corrected chi connectivity index (χ1v) is 12.8. The van der Waals surface area contributed by atoms with Gasteiger partial charge in [-0.3, -0.25) is 24.1 Å². The summed E-state index contributed by atoms with van der Waals surface area (Å²) in [5.41, 5.74) is 0.737. The normalized spacial score (nSPS) is 20.6. The zero-order valence-corrected chi connectivity index (χ0v) is 22.4. The predicted octanol–water partition coefficient (Wildman–Crippen LogP) is 2.34. The maximum absolute atomic E-state index is 13.3. The molecule has 2 amide bonds. The zero-order valence-electron chi connectivity index (χ0n) is 22.4. The Morgan fingerprint density at radius 2 is 1.92 bits per heavy atom. The summed E-state index contributed by atoms with van der Waals surface area (Å²) in [5, 5.41) is 11.7. The van der Waals surface area contributed by atoms with E-state index in [1.807, 2.05) is 18.7 Å². The van der Waals surface area contributed by atoms with Crippen molar-refractivity contribution in [2.45, 2.75) is 52.0 Å². The molecule has 1 aromatic carbocycles. The summed E-state index contributed by atoms with van der Waals surface area (Å²) in [6.45, 7) is 7.08. The number of hydroxylamine groups is 2. The molecule has 2 aliphatic heterocycles. The van der Waals surface area contributed by atoms with Crippen molar-refractivity contribution in [2.24, 2.45) is 5.92 Å². The summed E-state index contributed by atoms with van der Waals surface area (Å²) < 4.78 is 16.6. The number of likely N-dealkylation sites (tertiary alicyclic amines) is 1. The topological polar surface area (TPSA) is 118 Å². The summed E-state index contributed by atoms with van der Waals surface area (Å²) in [4.78, 5) is 46.9. The summed E-state index contributed by atoms with van der Waals surface area (Å²) >= 11 is 0. The van der Waals surface area contributed by atoms with Gasteiger partial charge in [0.15, 0.2) is 11.5 Å². The molecular weight excluding hydrogens is 482 g/mol. The van der Waals surface area contributed by atoms with Crippen LogP contribution in [0, 0.1) is 5.92 Å². The lowest BCUT2D eigenvalue weighted by molar-refractivity contribution is -0.188. The van der Waals surface area contributed by atoms with Gasteiger partial charge in [0.25, 0.3) is 5.91 Å². The molecule has 11 nitrogen and oxygen atoms in total. The second-order valence-corrected chi connectivity index (χ2v) is 9.48. The largest absolute Gasteiger partial charge is 0.493 e. The molecule has 3 rings (SSSR count). The van der Waals surface area contributed by atoms with Crippen molar-refractivity contribution >= 4 is 17.8 Å². The fourth-order valence-electron chi connectivity index (χ4n) is 4.96. The van der Waals surface area contributed by atoms with Gasteiger partial charge in [-0.05, 0) is 37.0 Å². The third-order valence-electron chi connectivity index (χ3n) is 6.93. The van der Waals surface area contributed by atoms with Gasteiger partial charge in [0.05, 0.1) is 26.2 Å². The highest BCUT2D eigenvalue weighted by atomic mass is 16.7. The van der Waals surface area contributed by atoms with Crippen molar-refractivity contribution in [1.82, 2.24) is 14.9 Å². The second kappa shape index (κ2) is 13.0. The zero-order chi connectivity index (χ0) is 27.1. The molecule has 1 saturated heterocycles. The van der Waals surface area contributed by atoms with Crippen molar-refractivity contribution in [3.8, 4) is 17.2 Å². The first kappa shape index (κ1) is 28.5. The van der Waals surface area contributed by atoms with Crippen LogP contribution >= 0.6 is 0 Å². The number of amides is 2. The average molecular weight is 522 g/mol. The number of carbonyl (C=O) groups is 3. The molecule has 0 radical (unpaired) electrons. The monoisotopic (exact) mass is 521 g/mol. The Balaban J connectivity index is 1.93. The van der Waals surface area contributed by atoms with E-state index in [1.54, 1.807) is 24.1 Å². The Morgan fingerprint density at radius 1 is 1.16 bits per heavy atom. The van der Waals surface area contributed by atoms with Gasteiger partial charge >= 0.3 is 5.97 Å². The third-order valence-corrected chi connectivity index (χ3v) is 6.93. The number of methoxy groups -OCH3 is 1. The average Bonchev–Trinajstić information content (AvgIpc) is 3.48. The number of nitrogens with zero attached hydrogens (tertiary/aromatic N) is 3. The van der Waals surface area contributed by atoms with Gasteiger partial charge in [0, 0.05) is 45.6 Å². The van der Waals surface area contributed by atoms with Crippen LogP contribution in [0.3, 0.4) is 0 Å². The number of hydrogen-bond acceptors (Lipinski definition) is 8. The maximum atomic E-state index is 13.3. The summed E-state index contributed by atoms with van der Waals surface area (Å²) in [6.07, 6.45) is 1.91. The van der Waals surface area contributed by atoms with Crippen LogP contribution in [0.15, 0.2) is 12.1 Å². The van der Waals surface area contributed by atoms with E-state index in [9.17, 15) is 19.5 Å². The Morgan fingerprint density at radius 3 is 2.54 bits per heavy atom. The number of rotatable bonds is 13. The number of carboxylic acids is 1. The van der Waals surface area contributed by atoms with Crippen LogP contribution in [-0.2, 0) is 19.2 Å². The molecule has 0 saturated carbocycles. The van der Waals surface area contributed by atoms with E-state index in [1.165, 1.54) is 19.1 Å². The third kappa shape index (κ3) is 6.64. The van der Waals surface area contributed by atoms with Crippen LogP contribution in [0.5, 0.6) is 17.2 Å². The maximum Gasteiger partial charge on any atom is 0.308 e. The highest BCUT2D eigenvalue weighted by molar-refractivity contribution is 5.78. The van der Waals surface area contributed by atoms with Crippen molar-refractivity contribution in [3.05, 3.63) is 17.7 Å². The van der Waals surface area contributed by atoms with Crippen LogP contribution in [0.25, 0.3) is 0 Å². The van der Waals surface area contributed by atoms with Gasteiger partial charge < -0.3 is 24.2 Å². The number of aliphatic carboxylic acids is 1. The number of fused-ring (bicyclic) bond motifs is 1. The Labute approximate surface area is 218 Å². The molecule has 0 spiro atoms. The number of benzene rings is 1. The van der Waals surface area contributed by atoms with Crippen molar-refractivity contribution in [2.75, 3.05) is 53.7 Å². The SMILES string of the molecule is CCCON(CCC)C(=O)CN1C[C@H](c2cc(OC)c3c(c2)OCO3)[C@@H](C(=O)O)[C@@H]1CCN(C)C(C)=O. The standard InChI is InChI=1S/C26H39N3O8/c1-6-9-29(37-11-7-2)23(31)15-28-14-19(18-12-21(34-5)25-22(13-18)35-16-36-25)24(26(32)33)20(28)8-10-27(4)17(3)30/h12-13,19-20,24H,6-11,14-16H2,1-5H3,(H,32,33)/t19-,20+,24-/m1/s1. The number of hydrogen-bond donors (Lipinski definition) is 1. The number of carboxylic acid groups (broad SMARTS) is 1. The van der Waals surface area contributed by atoms with E-state index >= 15 is 0 Å². The smallest absolute Gasteiger partial charge is 0.308 e. The number of carbonyl (C=O) groups excluding carboxylic acids is 2. The van der Waals surface area contributed by atoms with Gasteiger partial charge in [0.2, 0.25) is 18.4 Å². The predicted molar refractivity (Wildman–Crippen MR) is 135 cm³/mol. The molecular formula is C26H39N3O8. The molecule has 0 aromatic heterocycles. The van der Waals surface area contributed by atoms with E-state index in [4.69, 9.17) is 19.0 Å². The van der Waals surface area contributed by atoms with Crippen LogP contribution in [0.1, 0.15) is 51.5 Å². The van der Waals surface area contributed by atoms with Gasteiger partial charge in [-0.2, -0.15) is 0 Å². The summed E-state index contributed by atoms with van der Waals surface area (Å²) in [5.74, 6) is -1.06. The Hall–Kier alpha value is -3.05. The second-order valence-electron chi connectivity index (χ2n) is 9.48. The lowest BCUT2D eigenvalue weighted by Gasteiger charge is -2.30. The van der Waals surface area contributed by atoms with E-state index < -0.39 is 23.8 Å². The highest BCUT2D eigenvalue weighted by Crippen LogP contribution is 2.47. The van der Waals surface area contributed by atoms with Crippen LogP contribution in [0.4, 0.5) is 0 Å². The molecule has 0 aliphatic carbocycles. The van der Waals surface area contributed by atoms with Gasteiger partial charge in [-0.1, -0.05) is 13.8 Å². The van der Waals surface area contributed by atoms with E-state index in [2.05, 4.69) is 0 Å². The lowest BCUT2D eigenvalue weighted by Crippen LogP contribution is -2.45. The van der Waals surface area contributed by atoms with E-state index in [0.29, 0.717) is 49.9 Å². The first-order chi connectivity index (χ1) is 17.7. The van der Waals surface area contributed by atoms with Crippen LogP contribution in [-0.4, -0.2) is 97.5 Å². The van der Waals surface area contributed by atoms with Crippen molar-refractivity contribution < 1.29 is 38.5 Å². The molecule has 1 N–H and O–H groups in total. The Bertz CT molecular complexity index is 971. The fraction of sp³-hybridized carbons (Fsp3) is 0.654. The van der Waals surface area contributed by atoms with Gasteiger partial charge in [0.1, 0.15) is 0 Å². The quantitative estimate of drug-likeness (QED) is 0.390. The Kier molecular flexibility index (Phi) is 9.99. The summed E-state index contributed by atoms with van der Waals surface area (Å²) in [6, 6.07) is 3.11. The molecule has 2 heterocycles. The first-order valence-electron chi connectivity index (χ1n) is 12.8. The lowest BCUT2D eigenvalue weighted by atomic mass is 9.84. The van der Waals surface area contributed by atoms with Crippen molar-refractivity contribution in [3.63, 3.8) is 0 Å². The van der Waals surface area contributed by atoms with E-state index in [0.717, 1.165) is 18.4 Å². The molecule has 1 aromatic rings. The molecule has 3 atom stereocenters. The molecule has 37 heavy (non-hydrogen) atoms. The van der Waals surface area contributed by atoms with Crippen LogP contribution in [0.2, 0.25) is 0 Å². The minimum Gasteiger partial charge on any atom is -0.493 e. The highest BCUT2D eigenvalue weighted by Gasteiger charge is 2.47. The van der Waals surface area contributed by atoms with Gasteiger partial charge in [-0.25, -0.2) is 5.06 Å². The van der Waals surface area contributed by atoms with Crippen LogP contribution < -0.4 is 14.2 Å². The minimum absolute atomic E-state index is 0.0140. The molecule has 0 bridgehead atoms. The molecule has 0 unspecified atom stereocenters. The number of ether oxygens (including phenoxy) is 3. The molecule has 206 valence electrons. The van der Waals surface area contributed by atoms with Crippen molar-refractivity contribution in [1.29, 1.82) is 0 Å². The van der Waals surface area contributed by atoms with E-state index in [-0.39, 0.29) is 25.2 Å². The fourth-order valence-corrected chi connectivity index (χ4v) is 4.96. The summed E-state index contributed by atoms with van der Waals surface area (Å²) in [7, 11) is 3.21. The molecule has 1 fully saturated rings. The molecule has 11 heteroatoms. The van der Waals surface area contributed by atoms with Gasteiger partial charge in [-0.15, -0.1) is 0 Å².